The number of carbonyl (C=O) groups excluding carboxylic acids is 2. The molecule has 0 radical (unpaired) electrons. The highest BCUT2D eigenvalue weighted by Gasteiger charge is 2.41. The number of hydrogen-bond donors (Lipinski definition) is 0. The van der Waals surface area contributed by atoms with Crippen molar-refractivity contribution < 1.29 is 14.3 Å². The molecule has 1 aliphatic heterocycles. The molecule has 3 rings (SSSR count). The first kappa shape index (κ1) is 21.2. The van der Waals surface area contributed by atoms with E-state index in [0.29, 0.717) is 22.8 Å². The third kappa shape index (κ3) is 4.40. The van der Waals surface area contributed by atoms with Crippen molar-refractivity contribution in [3.8, 4) is 5.75 Å². The zero-order valence-electron chi connectivity index (χ0n) is 17.6. The lowest BCUT2D eigenvalue weighted by atomic mass is 10.1. The van der Waals surface area contributed by atoms with Crippen molar-refractivity contribution in [3.05, 3.63) is 64.1 Å². The number of benzene rings is 2. The molecule has 2 aromatic carbocycles. The third-order valence-corrected chi connectivity index (χ3v) is 5.69. The Morgan fingerprint density at radius 1 is 1.00 bits per heavy atom. The molecule has 0 aliphatic carbocycles. The Morgan fingerprint density at radius 3 is 2.28 bits per heavy atom. The van der Waals surface area contributed by atoms with Gasteiger partial charge in [-0.15, -0.1) is 11.8 Å². The monoisotopic (exact) mass is 409 g/mol. The van der Waals surface area contributed by atoms with Crippen LogP contribution in [0.2, 0.25) is 0 Å². The van der Waals surface area contributed by atoms with Gasteiger partial charge < -0.3 is 4.74 Å². The van der Waals surface area contributed by atoms with Gasteiger partial charge in [-0.05, 0) is 49.6 Å². The van der Waals surface area contributed by atoms with E-state index in [0.717, 1.165) is 28.9 Å². The van der Waals surface area contributed by atoms with E-state index >= 15 is 0 Å². The van der Waals surface area contributed by atoms with Crippen LogP contribution in [0.4, 0.5) is 5.69 Å². The lowest BCUT2D eigenvalue weighted by molar-refractivity contribution is -0.119. The third-order valence-electron chi connectivity index (χ3n) is 4.60. The van der Waals surface area contributed by atoms with E-state index in [2.05, 4.69) is 6.92 Å². The Balaban J connectivity index is 2.03. The summed E-state index contributed by atoms with van der Waals surface area (Å²) >= 11 is 1.44. The summed E-state index contributed by atoms with van der Waals surface area (Å²) in [6, 6.07) is 13.2. The predicted molar refractivity (Wildman–Crippen MR) is 120 cm³/mol. The molecule has 4 nitrogen and oxygen atoms in total. The number of amides is 2. The Labute approximate surface area is 176 Å². The zero-order valence-corrected chi connectivity index (χ0v) is 18.4. The molecule has 0 aromatic heterocycles. The van der Waals surface area contributed by atoms with Crippen LogP contribution in [0.5, 0.6) is 5.75 Å². The number of thioether (sulfide) groups is 1. The Hall–Kier alpha value is -2.53. The fraction of sp³-hybridized carbons (Fsp3) is 0.333. The van der Waals surface area contributed by atoms with E-state index < -0.39 is 0 Å². The molecule has 152 valence electrons. The zero-order chi connectivity index (χ0) is 21.1. The molecule has 1 heterocycles. The number of rotatable bonds is 7. The molecular formula is C24H27NO3S. The number of ether oxygens (including phenoxy) is 1. The van der Waals surface area contributed by atoms with Crippen LogP contribution in [0.15, 0.2) is 47.4 Å². The molecule has 0 bridgehead atoms. The molecule has 0 unspecified atom stereocenters. The van der Waals surface area contributed by atoms with Crippen LogP contribution in [0.3, 0.4) is 0 Å². The van der Waals surface area contributed by atoms with Crippen molar-refractivity contribution in [1.29, 1.82) is 0 Å². The molecule has 0 N–H and O–H groups in total. The fourth-order valence-electron chi connectivity index (χ4n) is 3.32. The Bertz CT molecular complexity index is 961. The summed E-state index contributed by atoms with van der Waals surface area (Å²) in [5.74, 6) is 0.242. The van der Waals surface area contributed by atoms with Gasteiger partial charge in [-0.3, -0.25) is 9.59 Å². The SMILES string of the molecule is CCCOc1ccc(C2=C(SC(C)C)C(=O)N(c3ccc(C)cc3C)C2=O)cc1. The average Bonchev–Trinajstić information content (AvgIpc) is 2.90. The maximum atomic E-state index is 13.4. The standard InChI is InChI=1S/C24H27NO3S/c1-6-13-28-19-10-8-18(9-11-19)21-22(29-15(2)3)24(27)25(23(21)26)20-12-7-16(4)14-17(20)5/h7-12,14-15H,6,13H2,1-5H3. The van der Waals surface area contributed by atoms with Crippen molar-refractivity contribution in [2.45, 2.75) is 46.3 Å². The Kier molecular flexibility index (Phi) is 6.48. The van der Waals surface area contributed by atoms with E-state index in [1.54, 1.807) is 0 Å². The van der Waals surface area contributed by atoms with Gasteiger partial charge in [0.15, 0.2) is 0 Å². The minimum atomic E-state index is -0.271. The van der Waals surface area contributed by atoms with Gasteiger partial charge in [0.1, 0.15) is 5.75 Å². The second kappa shape index (κ2) is 8.87. The molecular weight excluding hydrogens is 382 g/mol. The second-order valence-electron chi connectivity index (χ2n) is 7.48. The highest BCUT2D eigenvalue weighted by atomic mass is 32.2. The molecule has 1 aliphatic rings. The van der Waals surface area contributed by atoms with Crippen LogP contribution in [-0.4, -0.2) is 23.7 Å². The molecule has 0 spiro atoms. The van der Waals surface area contributed by atoms with Crippen LogP contribution < -0.4 is 9.64 Å². The highest BCUT2D eigenvalue weighted by Crippen LogP contribution is 2.41. The van der Waals surface area contributed by atoms with Gasteiger partial charge in [-0.1, -0.05) is 50.6 Å². The number of nitrogens with zero attached hydrogens (tertiary/aromatic N) is 1. The quantitative estimate of drug-likeness (QED) is 0.565. The smallest absolute Gasteiger partial charge is 0.272 e. The van der Waals surface area contributed by atoms with Gasteiger partial charge in [-0.2, -0.15) is 0 Å². The van der Waals surface area contributed by atoms with E-state index in [1.807, 2.05) is 70.2 Å². The van der Waals surface area contributed by atoms with Crippen LogP contribution in [-0.2, 0) is 9.59 Å². The van der Waals surface area contributed by atoms with E-state index in [-0.39, 0.29) is 17.1 Å². The minimum Gasteiger partial charge on any atom is -0.494 e. The number of hydrogen-bond acceptors (Lipinski definition) is 4. The average molecular weight is 410 g/mol. The summed E-state index contributed by atoms with van der Waals surface area (Å²) in [7, 11) is 0. The summed E-state index contributed by atoms with van der Waals surface area (Å²) in [5.41, 5.74) is 3.85. The lowest BCUT2D eigenvalue weighted by Gasteiger charge is -2.18. The first-order valence-corrected chi connectivity index (χ1v) is 10.8. The number of imide groups is 1. The normalized spacial score (nSPS) is 14.3. The first-order valence-electron chi connectivity index (χ1n) is 9.93. The van der Waals surface area contributed by atoms with Crippen molar-refractivity contribution >= 4 is 34.8 Å². The number of carbonyl (C=O) groups is 2. The van der Waals surface area contributed by atoms with E-state index in [4.69, 9.17) is 4.74 Å². The summed E-state index contributed by atoms with van der Waals surface area (Å²) < 4.78 is 5.65. The van der Waals surface area contributed by atoms with E-state index in [1.165, 1.54) is 16.7 Å². The van der Waals surface area contributed by atoms with Crippen LogP contribution in [0.25, 0.3) is 5.57 Å². The summed E-state index contributed by atoms with van der Waals surface area (Å²) in [4.78, 5) is 28.5. The molecule has 0 saturated carbocycles. The molecule has 0 atom stereocenters. The van der Waals surface area contributed by atoms with Gasteiger partial charge in [-0.25, -0.2) is 4.90 Å². The van der Waals surface area contributed by atoms with Crippen LogP contribution in [0, 0.1) is 13.8 Å². The highest BCUT2D eigenvalue weighted by molar-refractivity contribution is 8.04. The first-order chi connectivity index (χ1) is 13.8. The molecule has 29 heavy (non-hydrogen) atoms. The number of anilines is 1. The molecule has 0 fully saturated rings. The second-order valence-corrected chi connectivity index (χ2v) is 9.07. The summed E-state index contributed by atoms with van der Waals surface area (Å²) in [6.07, 6.45) is 0.930. The van der Waals surface area contributed by atoms with Crippen molar-refractivity contribution in [2.75, 3.05) is 11.5 Å². The minimum absolute atomic E-state index is 0.183. The van der Waals surface area contributed by atoms with Gasteiger partial charge in [0.25, 0.3) is 11.8 Å². The number of aryl methyl sites for hydroxylation is 2. The fourth-order valence-corrected chi connectivity index (χ4v) is 4.31. The van der Waals surface area contributed by atoms with Crippen LogP contribution in [0.1, 0.15) is 43.9 Å². The maximum absolute atomic E-state index is 13.4. The Morgan fingerprint density at radius 2 is 1.69 bits per heavy atom. The predicted octanol–water partition coefficient (Wildman–Crippen LogP) is 5.52. The molecule has 2 amide bonds. The van der Waals surface area contributed by atoms with Crippen molar-refractivity contribution in [2.24, 2.45) is 0 Å². The molecule has 0 saturated heterocycles. The maximum Gasteiger partial charge on any atom is 0.272 e. The lowest BCUT2D eigenvalue weighted by Crippen LogP contribution is -2.32. The van der Waals surface area contributed by atoms with Crippen LogP contribution >= 0.6 is 11.8 Å². The topological polar surface area (TPSA) is 46.6 Å². The van der Waals surface area contributed by atoms with Gasteiger partial charge in [0, 0.05) is 5.25 Å². The van der Waals surface area contributed by atoms with E-state index in [9.17, 15) is 9.59 Å². The largest absolute Gasteiger partial charge is 0.494 e. The van der Waals surface area contributed by atoms with Gasteiger partial charge >= 0.3 is 0 Å². The van der Waals surface area contributed by atoms with Gasteiger partial charge in [0.2, 0.25) is 0 Å². The van der Waals surface area contributed by atoms with Crippen molar-refractivity contribution in [1.82, 2.24) is 0 Å². The molecule has 5 heteroatoms. The summed E-state index contributed by atoms with van der Waals surface area (Å²) in [6.45, 7) is 10.7. The molecule has 2 aromatic rings. The van der Waals surface area contributed by atoms with Gasteiger partial charge in [0.05, 0.1) is 22.8 Å². The van der Waals surface area contributed by atoms with Crippen molar-refractivity contribution in [3.63, 3.8) is 0 Å². The summed E-state index contributed by atoms with van der Waals surface area (Å²) in [5, 5.41) is 0.183.